The summed E-state index contributed by atoms with van der Waals surface area (Å²) in [7, 11) is 0. The van der Waals surface area contributed by atoms with Crippen molar-refractivity contribution < 1.29 is 23.4 Å². The summed E-state index contributed by atoms with van der Waals surface area (Å²) in [6.45, 7) is 7.33. The molecule has 8 heteroatoms. The summed E-state index contributed by atoms with van der Waals surface area (Å²) in [5, 5.41) is 2.83. The highest BCUT2D eigenvalue weighted by Crippen LogP contribution is 2.33. The molecule has 0 spiro atoms. The molecule has 0 atom stereocenters. The van der Waals surface area contributed by atoms with Crippen molar-refractivity contribution >= 4 is 17.3 Å². The molecule has 0 saturated carbocycles. The molecule has 0 unspecified atom stereocenters. The number of amides is 1. The second-order valence-electron chi connectivity index (χ2n) is 8.17. The second kappa shape index (κ2) is 8.78. The Kier molecular flexibility index (Phi) is 5.68. The van der Waals surface area contributed by atoms with E-state index in [2.05, 4.69) is 5.32 Å². The van der Waals surface area contributed by atoms with Crippen molar-refractivity contribution in [3.8, 4) is 17.2 Å². The number of aromatic nitrogens is 1. The third-order valence-electron chi connectivity index (χ3n) is 6.02. The number of ether oxygens (including phenoxy) is 3. The van der Waals surface area contributed by atoms with Crippen molar-refractivity contribution in [1.82, 2.24) is 4.57 Å². The van der Waals surface area contributed by atoms with E-state index >= 15 is 0 Å². The molecule has 0 aliphatic carbocycles. The molecular formula is C25H26FN3O4. The van der Waals surface area contributed by atoms with Crippen molar-refractivity contribution in [2.24, 2.45) is 0 Å². The maximum absolute atomic E-state index is 14.7. The van der Waals surface area contributed by atoms with Gasteiger partial charge in [-0.1, -0.05) is 0 Å². The van der Waals surface area contributed by atoms with Gasteiger partial charge in [0.25, 0.3) is 5.91 Å². The predicted molar refractivity (Wildman–Crippen MR) is 124 cm³/mol. The van der Waals surface area contributed by atoms with Gasteiger partial charge in [-0.2, -0.15) is 0 Å². The van der Waals surface area contributed by atoms with E-state index in [-0.39, 0.29) is 11.7 Å². The monoisotopic (exact) mass is 451 g/mol. The van der Waals surface area contributed by atoms with E-state index in [1.54, 1.807) is 12.1 Å². The molecule has 172 valence electrons. The fraction of sp³-hybridized carbons (Fsp3) is 0.320. The number of benzene rings is 2. The Morgan fingerprint density at radius 3 is 2.45 bits per heavy atom. The van der Waals surface area contributed by atoms with Crippen LogP contribution in [0.15, 0.2) is 42.5 Å². The predicted octanol–water partition coefficient (Wildman–Crippen LogP) is 4.09. The van der Waals surface area contributed by atoms with Crippen LogP contribution in [0.1, 0.15) is 21.7 Å². The van der Waals surface area contributed by atoms with Crippen LogP contribution in [0, 0.1) is 19.7 Å². The van der Waals surface area contributed by atoms with Crippen LogP contribution in [-0.4, -0.2) is 50.0 Å². The highest BCUT2D eigenvalue weighted by Gasteiger charge is 2.20. The van der Waals surface area contributed by atoms with Gasteiger partial charge in [-0.3, -0.25) is 4.79 Å². The molecule has 3 heterocycles. The van der Waals surface area contributed by atoms with Crippen LogP contribution in [0.3, 0.4) is 0 Å². The van der Waals surface area contributed by atoms with Crippen molar-refractivity contribution in [1.29, 1.82) is 0 Å². The van der Waals surface area contributed by atoms with Crippen molar-refractivity contribution in [3.63, 3.8) is 0 Å². The van der Waals surface area contributed by atoms with Gasteiger partial charge in [-0.05, 0) is 50.2 Å². The van der Waals surface area contributed by atoms with Crippen LogP contribution in [0.2, 0.25) is 0 Å². The molecule has 5 rings (SSSR count). The molecule has 1 saturated heterocycles. The normalized spacial score (nSPS) is 15.4. The Labute approximate surface area is 191 Å². The zero-order valence-electron chi connectivity index (χ0n) is 18.7. The summed E-state index contributed by atoms with van der Waals surface area (Å²) >= 11 is 0. The third-order valence-corrected chi connectivity index (χ3v) is 6.02. The van der Waals surface area contributed by atoms with E-state index in [4.69, 9.17) is 14.2 Å². The number of nitrogens with zero attached hydrogens (tertiary/aromatic N) is 2. The van der Waals surface area contributed by atoms with Gasteiger partial charge < -0.3 is 29.0 Å². The molecule has 33 heavy (non-hydrogen) atoms. The first kappa shape index (κ1) is 21.3. The van der Waals surface area contributed by atoms with E-state index in [9.17, 15) is 9.18 Å². The van der Waals surface area contributed by atoms with Crippen LogP contribution in [0.25, 0.3) is 5.69 Å². The Morgan fingerprint density at radius 2 is 1.70 bits per heavy atom. The molecule has 0 radical (unpaired) electrons. The third kappa shape index (κ3) is 4.14. The zero-order chi connectivity index (χ0) is 22.9. The lowest BCUT2D eigenvalue weighted by atomic mass is 10.2. The quantitative estimate of drug-likeness (QED) is 0.647. The Bertz CT molecular complexity index is 1200. The fourth-order valence-electron chi connectivity index (χ4n) is 4.40. The number of aryl methyl sites for hydroxylation is 1. The van der Waals surface area contributed by atoms with Gasteiger partial charge in [0.1, 0.15) is 19.0 Å². The summed E-state index contributed by atoms with van der Waals surface area (Å²) in [6, 6.07) is 12.4. The molecule has 3 aromatic rings. The average molecular weight is 451 g/mol. The summed E-state index contributed by atoms with van der Waals surface area (Å²) in [5.41, 5.74) is 4.04. The van der Waals surface area contributed by atoms with Crippen molar-refractivity contribution in [2.45, 2.75) is 13.8 Å². The fourth-order valence-corrected chi connectivity index (χ4v) is 4.40. The number of carbonyl (C=O) groups excluding carboxylic acids is 1. The summed E-state index contributed by atoms with van der Waals surface area (Å²) in [4.78, 5) is 15.0. The topological polar surface area (TPSA) is 65.0 Å². The lowest BCUT2D eigenvalue weighted by molar-refractivity contribution is 0.102. The number of hydrogen-bond donors (Lipinski definition) is 1. The highest BCUT2D eigenvalue weighted by molar-refractivity contribution is 6.05. The summed E-state index contributed by atoms with van der Waals surface area (Å²) in [6.07, 6.45) is 0. The van der Waals surface area contributed by atoms with Gasteiger partial charge in [0.05, 0.1) is 24.5 Å². The minimum Gasteiger partial charge on any atom is -0.486 e. The number of fused-ring (bicyclic) bond motifs is 1. The molecule has 0 bridgehead atoms. The lowest BCUT2D eigenvalue weighted by Crippen LogP contribution is -2.36. The second-order valence-corrected chi connectivity index (χ2v) is 8.17. The summed E-state index contributed by atoms with van der Waals surface area (Å²) < 4.78 is 33.4. The van der Waals surface area contributed by atoms with Gasteiger partial charge in [0, 0.05) is 41.9 Å². The van der Waals surface area contributed by atoms with Crippen molar-refractivity contribution in [2.75, 3.05) is 49.7 Å². The maximum atomic E-state index is 14.7. The first-order chi connectivity index (χ1) is 16.0. The van der Waals surface area contributed by atoms with Crippen LogP contribution in [-0.2, 0) is 4.74 Å². The molecule has 1 N–H and O–H groups in total. The van der Waals surface area contributed by atoms with Gasteiger partial charge in [0.15, 0.2) is 11.5 Å². The Morgan fingerprint density at radius 1 is 0.939 bits per heavy atom. The maximum Gasteiger partial charge on any atom is 0.257 e. The minimum atomic E-state index is -0.364. The highest BCUT2D eigenvalue weighted by atomic mass is 19.1. The van der Waals surface area contributed by atoms with Gasteiger partial charge in [0.2, 0.25) is 0 Å². The van der Waals surface area contributed by atoms with Gasteiger partial charge in [-0.25, -0.2) is 4.39 Å². The SMILES string of the molecule is Cc1cc(C(=O)Nc2ccc(N3CCOCC3)c(F)c2)c(C)n1-c1ccc2c(c1)OCCO2. The molecule has 7 nitrogen and oxygen atoms in total. The molecule has 2 aromatic carbocycles. The van der Waals surface area contributed by atoms with Crippen LogP contribution < -0.4 is 19.7 Å². The smallest absolute Gasteiger partial charge is 0.257 e. The number of rotatable bonds is 4. The largest absolute Gasteiger partial charge is 0.486 e. The van der Waals surface area contributed by atoms with E-state index in [0.717, 1.165) is 17.1 Å². The first-order valence-electron chi connectivity index (χ1n) is 11.0. The van der Waals surface area contributed by atoms with Crippen molar-refractivity contribution in [3.05, 3.63) is 65.2 Å². The summed E-state index contributed by atoms with van der Waals surface area (Å²) in [5.74, 6) is 0.753. The van der Waals surface area contributed by atoms with Crippen LogP contribution >= 0.6 is 0 Å². The number of nitrogens with one attached hydrogen (secondary N) is 1. The Balaban J connectivity index is 1.37. The molecule has 1 fully saturated rings. The van der Waals surface area contributed by atoms with E-state index in [0.29, 0.717) is 68.0 Å². The molecule has 2 aliphatic rings. The van der Waals surface area contributed by atoms with E-state index in [1.807, 2.05) is 47.6 Å². The number of halogens is 1. The zero-order valence-corrected chi connectivity index (χ0v) is 18.7. The lowest BCUT2D eigenvalue weighted by Gasteiger charge is -2.29. The number of hydrogen-bond acceptors (Lipinski definition) is 5. The Hall–Kier alpha value is -3.52. The standard InChI is InChI=1S/C25H26FN3O4/c1-16-13-20(17(2)29(16)19-4-6-23-24(15-19)33-12-11-32-23)25(30)27-18-3-5-22(21(26)14-18)28-7-9-31-10-8-28/h3-6,13-15H,7-12H2,1-2H3,(H,27,30). The van der Waals surface area contributed by atoms with Crippen LogP contribution in [0.4, 0.5) is 15.8 Å². The molecule has 2 aliphatic heterocycles. The van der Waals surface area contributed by atoms with Crippen LogP contribution in [0.5, 0.6) is 11.5 Å². The number of carbonyl (C=O) groups is 1. The average Bonchev–Trinajstić information content (AvgIpc) is 3.13. The van der Waals surface area contributed by atoms with E-state index < -0.39 is 0 Å². The molecule has 1 aromatic heterocycles. The molecule has 1 amide bonds. The first-order valence-corrected chi connectivity index (χ1v) is 11.0. The van der Waals surface area contributed by atoms with Gasteiger partial charge in [-0.15, -0.1) is 0 Å². The minimum absolute atomic E-state index is 0.287. The number of morpholine rings is 1. The van der Waals surface area contributed by atoms with Gasteiger partial charge >= 0.3 is 0 Å². The molecular weight excluding hydrogens is 425 g/mol. The number of anilines is 2. The van der Waals surface area contributed by atoms with E-state index in [1.165, 1.54) is 6.07 Å².